The third kappa shape index (κ3) is 4.66. The zero-order chi connectivity index (χ0) is 21.1. The number of hydrogen-bond donors (Lipinski definition) is 1. The lowest BCUT2D eigenvalue weighted by Crippen LogP contribution is -2.12. The fourth-order valence-electron chi connectivity index (χ4n) is 2.57. The van der Waals surface area contributed by atoms with Crippen LogP contribution in [0.1, 0.15) is 5.69 Å². The van der Waals surface area contributed by atoms with Crippen LogP contribution in [-0.2, 0) is 10.0 Å². The van der Waals surface area contributed by atoms with Crippen LogP contribution in [0.4, 0.5) is 5.69 Å². The van der Waals surface area contributed by atoms with Crippen molar-refractivity contribution in [2.45, 2.75) is 11.8 Å². The van der Waals surface area contributed by atoms with E-state index in [-0.39, 0.29) is 4.90 Å². The van der Waals surface area contributed by atoms with Crippen LogP contribution >= 0.6 is 15.9 Å². The third-order valence-corrected chi connectivity index (χ3v) is 5.96. The minimum absolute atomic E-state index is 0.175. The Kier molecular flexibility index (Phi) is 5.51. The molecule has 2 aromatic carbocycles. The normalized spacial score (nSPS) is 11.3. The van der Waals surface area contributed by atoms with Gasteiger partial charge >= 0.3 is 0 Å². The number of sulfonamides is 1. The summed E-state index contributed by atoms with van der Waals surface area (Å²) in [6.07, 6.45) is 1.80. The fraction of sp³-hybridized carbons (Fsp3) is 0.0500. The molecule has 0 spiro atoms. The molecule has 0 atom stereocenters. The van der Waals surface area contributed by atoms with Gasteiger partial charge in [-0.15, -0.1) is 10.2 Å². The van der Waals surface area contributed by atoms with Gasteiger partial charge in [0.05, 0.1) is 10.6 Å². The summed E-state index contributed by atoms with van der Waals surface area (Å²) in [6.45, 7) is 1.89. The van der Waals surface area contributed by atoms with Crippen molar-refractivity contribution in [3.63, 3.8) is 0 Å². The van der Waals surface area contributed by atoms with E-state index in [0.717, 1.165) is 10.2 Å². The lowest BCUT2D eigenvalue weighted by molar-refractivity contribution is 0.454. The number of rotatable bonds is 6. The molecular formula is C20H16BrN5O3S. The van der Waals surface area contributed by atoms with Gasteiger partial charge in [0.15, 0.2) is 5.82 Å². The monoisotopic (exact) mass is 485 g/mol. The van der Waals surface area contributed by atoms with Crippen LogP contribution in [-0.4, -0.2) is 28.4 Å². The van der Waals surface area contributed by atoms with Crippen molar-refractivity contribution < 1.29 is 13.2 Å². The first-order valence-electron chi connectivity index (χ1n) is 8.82. The maximum atomic E-state index is 12.5. The molecule has 2 heterocycles. The molecule has 30 heavy (non-hydrogen) atoms. The SMILES string of the molecule is Cc1ccn(-c2ccc(Oc3ccc(NS(=O)(=O)c4ccc(Br)cc4)cc3)nn2)n1. The van der Waals surface area contributed by atoms with Crippen LogP contribution in [0, 0.1) is 6.92 Å². The average molecular weight is 486 g/mol. The third-order valence-electron chi connectivity index (χ3n) is 4.04. The molecule has 0 saturated heterocycles. The number of nitrogens with zero attached hydrogens (tertiary/aromatic N) is 4. The molecule has 0 bridgehead atoms. The number of aromatic nitrogens is 4. The van der Waals surface area contributed by atoms with Crippen LogP contribution in [0.3, 0.4) is 0 Å². The van der Waals surface area contributed by atoms with E-state index >= 15 is 0 Å². The van der Waals surface area contributed by atoms with Gasteiger partial charge in [-0.3, -0.25) is 4.72 Å². The van der Waals surface area contributed by atoms with Crippen molar-refractivity contribution in [3.05, 3.63) is 83.1 Å². The van der Waals surface area contributed by atoms with Gasteiger partial charge < -0.3 is 4.74 Å². The Morgan fingerprint density at radius 1 is 0.933 bits per heavy atom. The van der Waals surface area contributed by atoms with Crippen molar-refractivity contribution in [2.24, 2.45) is 0 Å². The first-order chi connectivity index (χ1) is 14.4. The van der Waals surface area contributed by atoms with Crippen LogP contribution in [0.15, 0.2) is 82.3 Å². The van der Waals surface area contributed by atoms with Crippen molar-refractivity contribution in [3.8, 4) is 17.4 Å². The van der Waals surface area contributed by atoms with E-state index in [1.807, 2.05) is 13.0 Å². The highest BCUT2D eigenvalue weighted by Gasteiger charge is 2.14. The molecule has 0 radical (unpaired) electrons. The van der Waals surface area contributed by atoms with Gasteiger partial charge in [-0.1, -0.05) is 15.9 Å². The second kappa shape index (κ2) is 8.25. The highest BCUT2D eigenvalue weighted by molar-refractivity contribution is 9.10. The van der Waals surface area contributed by atoms with Crippen LogP contribution in [0.25, 0.3) is 5.82 Å². The molecule has 8 nitrogen and oxygen atoms in total. The largest absolute Gasteiger partial charge is 0.438 e. The molecule has 10 heteroatoms. The lowest BCUT2D eigenvalue weighted by Gasteiger charge is -2.09. The number of benzene rings is 2. The van der Waals surface area contributed by atoms with Crippen molar-refractivity contribution in [1.82, 2.24) is 20.0 Å². The number of nitrogens with one attached hydrogen (secondary N) is 1. The first kappa shape index (κ1) is 20.0. The van der Waals surface area contributed by atoms with E-state index in [0.29, 0.717) is 23.1 Å². The topological polar surface area (TPSA) is 99.0 Å². The van der Waals surface area contributed by atoms with Gasteiger partial charge in [-0.05, 0) is 67.6 Å². The first-order valence-corrected chi connectivity index (χ1v) is 11.1. The smallest absolute Gasteiger partial charge is 0.261 e. The summed E-state index contributed by atoms with van der Waals surface area (Å²) in [5.74, 6) is 1.39. The summed E-state index contributed by atoms with van der Waals surface area (Å²) >= 11 is 3.29. The Morgan fingerprint density at radius 3 is 2.27 bits per heavy atom. The van der Waals surface area contributed by atoms with Crippen LogP contribution < -0.4 is 9.46 Å². The summed E-state index contributed by atoms with van der Waals surface area (Å²) in [4.78, 5) is 0.175. The predicted octanol–water partition coefficient (Wildman–Crippen LogP) is 4.33. The molecule has 0 aliphatic heterocycles. The molecule has 0 saturated carbocycles. The molecule has 4 aromatic rings. The van der Waals surface area contributed by atoms with Gasteiger partial charge in [0.25, 0.3) is 10.0 Å². The number of hydrogen-bond acceptors (Lipinski definition) is 6. The van der Waals surface area contributed by atoms with E-state index in [2.05, 4.69) is 35.9 Å². The van der Waals surface area contributed by atoms with Crippen LogP contribution in [0.5, 0.6) is 11.6 Å². The molecule has 0 amide bonds. The van der Waals surface area contributed by atoms with Crippen molar-refractivity contribution in [2.75, 3.05) is 4.72 Å². The summed E-state index contributed by atoms with van der Waals surface area (Å²) in [6, 6.07) is 18.2. The lowest BCUT2D eigenvalue weighted by atomic mass is 10.3. The van der Waals surface area contributed by atoms with E-state index in [1.54, 1.807) is 59.4 Å². The average Bonchev–Trinajstić information content (AvgIpc) is 3.16. The molecule has 1 N–H and O–H groups in total. The summed E-state index contributed by atoms with van der Waals surface area (Å²) in [7, 11) is -3.67. The number of ether oxygens (including phenoxy) is 1. The quantitative estimate of drug-likeness (QED) is 0.436. The molecule has 0 fully saturated rings. The molecule has 4 rings (SSSR count). The minimum Gasteiger partial charge on any atom is -0.438 e. The second-order valence-corrected chi connectivity index (χ2v) is 8.92. The van der Waals surface area contributed by atoms with Gasteiger partial charge in [0.1, 0.15) is 5.75 Å². The van der Waals surface area contributed by atoms with E-state index in [4.69, 9.17) is 4.74 Å². The molecular weight excluding hydrogens is 470 g/mol. The molecule has 0 aliphatic rings. The maximum Gasteiger partial charge on any atom is 0.261 e. The minimum atomic E-state index is -3.67. The predicted molar refractivity (Wildman–Crippen MR) is 115 cm³/mol. The molecule has 0 aliphatic carbocycles. The van der Waals surface area contributed by atoms with Gasteiger partial charge in [-0.25, -0.2) is 13.1 Å². The van der Waals surface area contributed by atoms with E-state index in [9.17, 15) is 8.42 Å². The van der Waals surface area contributed by atoms with Crippen molar-refractivity contribution in [1.29, 1.82) is 0 Å². The fourth-order valence-corrected chi connectivity index (χ4v) is 3.89. The Balaban J connectivity index is 1.43. The summed E-state index contributed by atoms with van der Waals surface area (Å²) < 4.78 is 35.5. The Bertz CT molecular complexity index is 1260. The summed E-state index contributed by atoms with van der Waals surface area (Å²) in [5, 5.41) is 12.4. The number of aryl methyl sites for hydroxylation is 1. The van der Waals surface area contributed by atoms with Crippen molar-refractivity contribution >= 4 is 31.6 Å². The Morgan fingerprint density at radius 2 is 1.67 bits per heavy atom. The number of anilines is 1. The van der Waals surface area contributed by atoms with E-state index < -0.39 is 10.0 Å². The van der Waals surface area contributed by atoms with Gasteiger partial charge in [-0.2, -0.15) is 5.10 Å². The molecule has 2 aromatic heterocycles. The Labute approximate surface area is 181 Å². The molecule has 0 unspecified atom stereocenters. The Hall–Kier alpha value is -3.24. The highest BCUT2D eigenvalue weighted by Crippen LogP contribution is 2.23. The molecule has 152 valence electrons. The zero-order valence-electron chi connectivity index (χ0n) is 15.7. The maximum absolute atomic E-state index is 12.5. The van der Waals surface area contributed by atoms with Gasteiger partial charge in [0.2, 0.25) is 5.88 Å². The van der Waals surface area contributed by atoms with Gasteiger partial charge in [0, 0.05) is 22.4 Å². The highest BCUT2D eigenvalue weighted by atomic mass is 79.9. The summed E-state index contributed by atoms with van der Waals surface area (Å²) in [5.41, 5.74) is 1.30. The standard InChI is InChI=1S/C20H16BrN5O3S/c1-14-12-13-26(24-14)19-10-11-20(23-22-19)29-17-6-4-16(5-7-17)25-30(27,28)18-8-2-15(21)3-9-18/h2-13,25H,1H3. The van der Waals surface area contributed by atoms with Crippen LogP contribution in [0.2, 0.25) is 0 Å². The number of halogens is 1. The zero-order valence-corrected chi connectivity index (χ0v) is 18.1. The second-order valence-electron chi connectivity index (χ2n) is 6.32. The van der Waals surface area contributed by atoms with E-state index in [1.165, 1.54) is 12.1 Å².